The highest BCUT2D eigenvalue weighted by Gasteiger charge is 2.15. The molecule has 0 unspecified atom stereocenters. The zero-order valence-electron chi connectivity index (χ0n) is 10.5. The molecule has 1 aromatic heterocycles. The van der Waals surface area contributed by atoms with Crippen molar-refractivity contribution in [1.29, 1.82) is 0 Å². The summed E-state index contributed by atoms with van der Waals surface area (Å²) in [5.41, 5.74) is 3.36. The number of rotatable bonds is 1. The van der Waals surface area contributed by atoms with Gasteiger partial charge in [-0.15, -0.1) is 11.3 Å². The lowest BCUT2D eigenvalue weighted by Crippen LogP contribution is -1.88. The van der Waals surface area contributed by atoms with Gasteiger partial charge < -0.3 is 0 Å². The van der Waals surface area contributed by atoms with E-state index in [1.807, 2.05) is 19.1 Å². The third kappa shape index (κ3) is 2.31. The van der Waals surface area contributed by atoms with Gasteiger partial charge in [-0.2, -0.15) is 0 Å². The van der Waals surface area contributed by atoms with Crippen LogP contribution in [0.5, 0.6) is 0 Å². The zero-order valence-corrected chi connectivity index (χ0v) is 13.6. The average molecular weight is 342 g/mol. The monoisotopic (exact) mass is 340 g/mol. The van der Waals surface area contributed by atoms with Gasteiger partial charge in [0.25, 0.3) is 0 Å². The molecule has 0 aliphatic carbocycles. The van der Waals surface area contributed by atoms with Crippen molar-refractivity contribution in [3.8, 4) is 11.1 Å². The van der Waals surface area contributed by atoms with E-state index < -0.39 is 0 Å². The summed E-state index contributed by atoms with van der Waals surface area (Å²) >= 11 is 20.2. The van der Waals surface area contributed by atoms with Crippen molar-refractivity contribution in [2.45, 2.75) is 6.92 Å². The van der Waals surface area contributed by atoms with Crippen molar-refractivity contribution in [3.63, 3.8) is 0 Å². The number of hydrogen-bond acceptors (Lipinski definition) is 2. The number of halogens is 3. The third-order valence-electron chi connectivity index (χ3n) is 3.05. The molecule has 0 fully saturated rings. The molecule has 0 saturated carbocycles. The van der Waals surface area contributed by atoms with Crippen molar-refractivity contribution < 1.29 is 0 Å². The molecule has 20 heavy (non-hydrogen) atoms. The number of hydrogen-bond donors (Lipinski definition) is 0. The van der Waals surface area contributed by atoms with E-state index in [0.29, 0.717) is 15.1 Å². The Labute approximate surface area is 136 Å². The fraction of sp³-hybridized carbons (Fsp3) is 0.0667. The smallest absolute Gasteiger partial charge is 0.0907 e. The van der Waals surface area contributed by atoms with Crippen LogP contribution in [-0.4, -0.2) is 4.98 Å². The minimum absolute atomic E-state index is 0.513. The summed E-state index contributed by atoms with van der Waals surface area (Å²) in [5, 5.41) is 2.55. The Kier molecular flexibility index (Phi) is 3.67. The molecule has 0 atom stereocenters. The number of nitrogens with zero attached hydrogens (tertiary/aromatic N) is 1. The van der Waals surface area contributed by atoms with E-state index in [4.69, 9.17) is 34.8 Å². The maximum atomic E-state index is 6.28. The van der Waals surface area contributed by atoms with E-state index in [9.17, 15) is 0 Å². The van der Waals surface area contributed by atoms with E-state index in [0.717, 1.165) is 31.9 Å². The lowest BCUT2D eigenvalue weighted by atomic mass is 9.99. The molecule has 0 spiro atoms. The summed E-state index contributed by atoms with van der Waals surface area (Å²) in [6, 6.07) is 7.36. The van der Waals surface area contributed by atoms with Crippen molar-refractivity contribution in [2.24, 2.45) is 0 Å². The van der Waals surface area contributed by atoms with Gasteiger partial charge in [0.1, 0.15) is 0 Å². The summed E-state index contributed by atoms with van der Waals surface area (Å²) in [5.74, 6) is 0. The Balaban J connectivity index is 2.32. The number of benzene rings is 2. The Morgan fingerprint density at radius 3 is 2.40 bits per heavy atom. The Morgan fingerprint density at radius 1 is 1.10 bits per heavy atom. The molecule has 1 radical (unpaired) electrons. The Morgan fingerprint density at radius 2 is 1.75 bits per heavy atom. The van der Waals surface area contributed by atoms with Crippen molar-refractivity contribution in [2.75, 3.05) is 0 Å². The lowest BCUT2D eigenvalue weighted by Gasteiger charge is -2.11. The van der Waals surface area contributed by atoms with E-state index >= 15 is 0 Å². The normalized spacial score (nSPS) is 11.2. The topological polar surface area (TPSA) is 12.9 Å². The van der Waals surface area contributed by atoms with Gasteiger partial charge in [0.05, 0.1) is 25.3 Å². The van der Waals surface area contributed by atoms with Crippen LogP contribution in [0.1, 0.15) is 10.6 Å². The summed E-state index contributed by atoms with van der Waals surface area (Å²) < 4.78 is 1.11. The zero-order chi connectivity index (χ0) is 14.4. The third-order valence-corrected chi connectivity index (χ3v) is 4.80. The molecule has 0 amide bonds. The number of aryl methyl sites for hydroxylation is 1. The van der Waals surface area contributed by atoms with Crippen LogP contribution in [0.15, 0.2) is 24.3 Å². The van der Waals surface area contributed by atoms with E-state index in [-0.39, 0.29) is 0 Å². The molecule has 0 aliphatic rings. The van der Waals surface area contributed by atoms with Crippen LogP contribution in [0, 0.1) is 13.8 Å². The van der Waals surface area contributed by atoms with Gasteiger partial charge in [-0.1, -0.05) is 40.9 Å². The molecule has 3 rings (SSSR count). The molecule has 2 aromatic carbocycles. The highest BCUT2D eigenvalue weighted by Crippen LogP contribution is 2.40. The Bertz CT molecular complexity index is 800. The summed E-state index contributed by atoms with van der Waals surface area (Å²) in [6.45, 7) is 6.12. The minimum atomic E-state index is 0.513. The highest BCUT2D eigenvalue weighted by atomic mass is 35.5. The summed E-state index contributed by atoms with van der Waals surface area (Å²) in [4.78, 5) is 4.52. The van der Waals surface area contributed by atoms with Crippen molar-refractivity contribution in [1.82, 2.24) is 4.98 Å². The second-order valence-electron chi connectivity index (χ2n) is 4.42. The van der Waals surface area contributed by atoms with Gasteiger partial charge in [0.2, 0.25) is 0 Å². The van der Waals surface area contributed by atoms with Gasteiger partial charge >= 0.3 is 0 Å². The molecular weight excluding hydrogens is 333 g/mol. The molecule has 5 heteroatoms. The number of thiazole rings is 1. The lowest BCUT2D eigenvalue weighted by molar-refractivity contribution is 1.34. The molecular formula is C15H9Cl3NS. The van der Waals surface area contributed by atoms with Crippen molar-refractivity contribution >= 4 is 56.4 Å². The molecule has 3 aromatic rings. The second-order valence-corrected chi connectivity index (χ2v) is 6.90. The predicted octanol–water partition coefficient (Wildman–Crippen LogP) is 6.41. The van der Waals surface area contributed by atoms with Crippen LogP contribution in [0.25, 0.3) is 21.3 Å². The maximum Gasteiger partial charge on any atom is 0.0907 e. The fourth-order valence-corrected chi connectivity index (χ4v) is 4.07. The van der Waals surface area contributed by atoms with Gasteiger partial charge in [0.15, 0.2) is 0 Å². The first-order valence-electron chi connectivity index (χ1n) is 5.84. The average Bonchev–Trinajstić information content (AvgIpc) is 2.72. The van der Waals surface area contributed by atoms with Crippen LogP contribution in [-0.2, 0) is 0 Å². The number of fused-ring (bicyclic) bond motifs is 1. The number of aromatic nitrogens is 1. The molecule has 0 N–H and O–H groups in total. The van der Waals surface area contributed by atoms with Crippen LogP contribution in [0.4, 0.5) is 0 Å². The quantitative estimate of drug-likeness (QED) is 0.498. The fourth-order valence-electron chi connectivity index (χ4n) is 2.19. The van der Waals surface area contributed by atoms with Gasteiger partial charge in [-0.25, -0.2) is 4.98 Å². The second kappa shape index (κ2) is 5.19. The predicted molar refractivity (Wildman–Crippen MR) is 89.3 cm³/mol. The van der Waals surface area contributed by atoms with E-state index in [1.54, 1.807) is 23.5 Å². The molecule has 0 bridgehead atoms. The van der Waals surface area contributed by atoms with Gasteiger partial charge in [-0.05, 0) is 43.2 Å². The Hall–Kier alpha value is -0.800. The summed E-state index contributed by atoms with van der Waals surface area (Å²) in [6.07, 6.45) is 0. The van der Waals surface area contributed by atoms with Crippen LogP contribution in [0.3, 0.4) is 0 Å². The molecule has 1 nitrogen and oxygen atoms in total. The molecule has 0 saturated heterocycles. The highest BCUT2D eigenvalue weighted by molar-refractivity contribution is 7.18. The standard InChI is InChI=1S/C15H9Cl3NS/c1-7-10(3-4-13-15(7)19-8(2)20-13)14-11(17)5-9(16)6-12(14)18/h3-6H,1H2,2H3. The first-order valence-corrected chi connectivity index (χ1v) is 7.79. The van der Waals surface area contributed by atoms with Crippen LogP contribution in [0.2, 0.25) is 15.1 Å². The summed E-state index contributed by atoms with van der Waals surface area (Å²) in [7, 11) is 0. The van der Waals surface area contributed by atoms with E-state index in [2.05, 4.69) is 11.9 Å². The largest absolute Gasteiger partial charge is 0.241 e. The molecule has 101 valence electrons. The molecule has 0 aliphatic heterocycles. The van der Waals surface area contributed by atoms with Gasteiger partial charge in [0, 0.05) is 10.6 Å². The minimum Gasteiger partial charge on any atom is -0.241 e. The van der Waals surface area contributed by atoms with Crippen LogP contribution < -0.4 is 0 Å². The van der Waals surface area contributed by atoms with Crippen molar-refractivity contribution in [3.05, 3.63) is 56.8 Å². The maximum absolute atomic E-state index is 6.28. The van der Waals surface area contributed by atoms with Gasteiger partial charge in [-0.3, -0.25) is 0 Å². The first-order chi connectivity index (χ1) is 9.47. The SMILES string of the molecule is [CH2]c1c(-c2c(Cl)cc(Cl)cc2Cl)ccc2sc(C)nc12. The molecule has 1 heterocycles. The van der Waals surface area contributed by atoms with Crippen LogP contribution >= 0.6 is 46.1 Å². The first kappa shape index (κ1) is 14.2. The van der Waals surface area contributed by atoms with E-state index in [1.165, 1.54) is 0 Å².